The zero-order valence-electron chi connectivity index (χ0n) is 6.23. The van der Waals surface area contributed by atoms with Gasteiger partial charge in [-0.3, -0.25) is 0 Å². The van der Waals surface area contributed by atoms with Gasteiger partial charge in [0.2, 0.25) is 0 Å². The maximum atomic E-state index is 6.81. The molecule has 12 heavy (non-hydrogen) atoms. The number of rotatable bonds is 1. The summed E-state index contributed by atoms with van der Waals surface area (Å²) in [6.07, 6.45) is 11.5. The molecular weight excluding hydrogens is 152 g/mol. The molecule has 57 valence electrons. The predicted octanol–water partition coefficient (Wildman–Crippen LogP) is 0.416. The van der Waals surface area contributed by atoms with E-state index in [1.165, 1.54) is 6.33 Å². The molecule has 0 amide bonds. The maximum Gasteiger partial charge on any atom is 0.164 e. The van der Waals surface area contributed by atoms with E-state index in [0.29, 0.717) is 6.54 Å². The normalized spacial score (nSPS) is 9.92. The molecular formula is C8H5N4. The lowest BCUT2D eigenvalue weighted by Gasteiger charge is -1.93. The summed E-state index contributed by atoms with van der Waals surface area (Å²) >= 11 is 0. The molecule has 0 unspecified atom stereocenters. The first-order chi connectivity index (χ1) is 5.92. The van der Waals surface area contributed by atoms with Crippen molar-refractivity contribution in [3.8, 4) is 5.92 Å². The zero-order chi connectivity index (χ0) is 8.39. The molecule has 0 aliphatic rings. The van der Waals surface area contributed by atoms with Gasteiger partial charge in [0, 0.05) is 0 Å². The van der Waals surface area contributed by atoms with Gasteiger partial charge in [-0.15, -0.1) is 0 Å². The van der Waals surface area contributed by atoms with Crippen LogP contribution in [-0.4, -0.2) is 19.5 Å². The molecule has 0 aliphatic heterocycles. The second kappa shape index (κ2) is 2.62. The number of hydrogen-bond donors (Lipinski definition) is 0. The van der Waals surface area contributed by atoms with Crippen LogP contribution in [0.1, 0.15) is 0 Å². The fraction of sp³-hybridized carbons (Fsp3) is 0.125. The van der Waals surface area contributed by atoms with E-state index in [2.05, 4.69) is 20.9 Å². The van der Waals surface area contributed by atoms with E-state index in [-0.39, 0.29) is 0 Å². The molecule has 2 aromatic rings. The van der Waals surface area contributed by atoms with Gasteiger partial charge in [-0.2, -0.15) is 0 Å². The molecule has 0 spiro atoms. The second-order valence-corrected chi connectivity index (χ2v) is 2.28. The molecule has 2 aromatic heterocycles. The molecule has 0 N–H and O–H groups in total. The van der Waals surface area contributed by atoms with E-state index in [0.717, 1.165) is 11.2 Å². The molecule has 1 radical (unpaired) electrons. The number of imidazole rings is 1. The van der Waals surface area contributed by atoms with Gasteiger partial charge in [-0.05, 0) is 6.42 Å². The monoisotopic (exact) mass is 157 g/mol. The first-order valence-corrected chi connectivity index (χ1v) is 3.42. The van der Waals surface area contributed by atoms with Crippen molar-refractivity contribution in [2.75, 3.05) is 0 Å². The number of aromatic nitrogens is 4. The van der Waals surface area contributed by atoms with Gasteiger partial charge in [0.05, 0.1) is 19.1 Å². The molecule has 0 aromatic carbocycles. The Kier molecular flexibility index (Phi) is 1.49. The van der Waals surface area contributed by atoms with Gasteiger partial charge in [0.25, 0.3) is 0 Å². The highest BCUT2D eigenvalue weighted by molar-refractivity contribution is 5.68. The standard InChI is InChI=1S/C8H5N4/c1-2-3-12-6-11-7-4-9-5-10-8(7)12/h4-6H,3H2. The molecule has 0 fully saturated rings. The van der Waals surface area contributed by atoms with Crippen LogP contribution in [0.25, 0.3) is 11.2 Å². The van der Waals surface area contributed by atoms with E-state index in [9.17, 15) is 0 Å². The SMILES string of the molecule is [C]#CCn1cnc2cncnc21. The smallest absolute Gasteiger partial charge is 0.164 e. The Morgan fingerprint density at radius 2 is 2.42 bits per heavy atom. The predicted molar refractivity (Wildman–Crippen MR) is 42.5 cm³/mol. The fourth-order valence-electron chi connectivity index (χ4n) is 1.02. The van der Waals surface area contributed by atoms with Gasteiger partial charge in [0.1, 0.15) is 11.8 Å². The van der Waals surface area contributed by atoms with E-state index in [1.807, 2.05) is 0 Å². The van der Waals surface area contributed by atoms with Gasteiger partial charge in [0.15, 0.2) is 5.65 Å². The van der Waals surface area contributed by atoms with Crippen molar-refractivity contribution in [1.29, 1.82) is 0 Å². The molecule has 2 rings (SSSR count). The third-order valence-corrected chi connectivity index (χ3v) is 1.53. The summed E-state index contributed by atoms with van der Waals surface area (Å²) in [5, 5.41) is 0. The van der Waals surface area contributed by atoms with Crippen molar-refractivity contribution >= 4 is 11.2 Å². The first kappa shape index (κ1) is 6.80. The zero-order valence-corrected chi connectivity index (χ0v) is 6.23. The first-order valence-electron chi connectivity index (χ1n) is 3.42. The summed E-state index contributed by atoms with van der Waals surface area (Å²) in [6.45, 7) is 0.382. The van der Waals surface area contributed by atoms with Gasteiger partial charge < -0.3 is 4.57 Å². The maximum absolute atomic E-state index is 6.81. The summed E-state index contributed by atoms with van der Waals surface area (Å²) in [5.41, 5.74) is 1.48. The van der Waals surface area contributed by atoms with Crippen LogP contribution in [0.3, 0.4) is 0 Å². The van der Waals surface area contributed by atoms with E-state index >= 15 is 0 Å². The highest BCUT2D eigenvalue weighted by atomic mass is 15.1. The minimum absolute atomic E-state index is 0.382. The quantitative estimate of drug-likeness (QED) is 0.563. The van der Waals surface area contributed by atoms with Crippen molar-refractivity contribution in [2.24, 2.45) is 0 Å². The van der Waals surface area contributed by atoms with Crippen LogP contribution >= 0.6 is 0 Å². The lowest BCUT2D eigenvalue weighted by atomic mass is 10.5. The van der Waals surface area contributed by atoms with Crippen molar-refractivity contribution in [1.82, 2.24) is 19.5 Å². The molecule has 0 aliphatic carbocycles. The summed E-state index contributed by atoms with van der Waals surface area (Å²) in [6, 6.07) is 0. The third kappa shape index (κ3) is 0.920. The molecule has 4 heteroatoms. The van der Waals surface area contributed by atoms with Gasteiger partial charge in [-0.1, -0.05) is 5.92 Å². The van der Waals surface area contributed by atoms with Crippen LogP contribution in [0.2, 0.25) is 0 Å². The van der Waals surface area contributed by atoms with Crippen LogP contribution in [0.15, 0.2) is 18.9 Å². The molecule has 0 bridgehead atoms. The van der Waals surface area contributed by atoms with Crippen LogP contribution in [0.4, 0.5) is 0 Å². The molecule has 0 saturated carbocycles. The largest absolute Gasteiger partial charge is 0.303 e. The average Bonchev–Trinajstić information content (AvgIpc) is 2.50. The fourth-order valence-corrected chi connectivity index (χ4v) is 1.02. The highest BCUT2D eigenvalue weighted by Gasteiger charge is 2.00. The minimum Gasteiger partial charge on any atom is -0.303 e. The lowest BCUT2D eigenvalue weighted by molar-refractivity contribution is 0.855. The van der Waals surface area contributed by atoms with Crippen molar-refractivity contribution in [3.05, 3.63) is 25.3 Å². The highest BCUT2D eigenvalue weighted by Crippen LogP contribution is 2.05. The van der Waals surface area contributed by atoms with Crippen molar-refractivity contribution in [2.45, 2.75) is 6.54 Å². The molecule has 2 heterocycles. The van der Waals surface area contributed by atoms with Crippen LogP contribution in [0.5, 0.6) is 0 Å². The topological polar surface area (TPSA) is 43.6 Å². The second-order valence-electron chi connectivity index (χ2n) is 2.28. The summed E-state index contributed by atoms with van der Waals surface area (Å²) in [5.74, 6) is 2.27. The van der Waals surface area contributed by atoms with Gasteiger partial charge in [-0.25, -0.2) is 15.0 Å². The van der Waals surface area contributed by atoms with Crippen molar-refractivity contribution < 1.29 is 0 Å². The minimum atomic E-state index is 0.382. The van der Waals surface area contributed by atoms with Crippen LogP contribution in [0, 0.1) is 12.3 Å². The molecule has 0 saturated heterocycles. The van der Waals surface area contributed by atoms with Crippen molar-refractivity contribution in [3.63, 3.8) is 0 Å². The number of fused-ring (bicyclic) bond motifs is 1. The Bertz CT molecular complexity index is 437. The summed E-state index contributed by atoms with van der Waals surface area (Å²) < 4.78 is 1.74. The molecule has 4 nitrogen and oxygen atoms in total. The number of nitrogens with zero attached hydrogens (tertiary/aromatic N) is 4. The lowest BCUT2D eigenvalue weighted by Crippen LogP contribution is -1.94. The van der Waals surface area contributed by atoms with E-state index in [1.54, 1.807) is 17.1 Å². The Morgan fingerprint density at radius 3 is 3.25 bits per heavy atom. The third-order valence-electron chi connectivity index (χ3n) is 1.53. The Labute approximate surface area is 69.3 Å². The Morgan fingerprint density at radius 1 is 1.50 bits per heavy atom. The van der Waals surface area contributed by atoms with Crippen LogP contribution < -0.4 is 0 Å². The van der Waals surface area contributed by atoms with Gasteiger partial charge >= 0.3 is 0 Å². The Hall–Kier alpha value is -1.89. The van der Waals surface area contributed by atoms with E-state index in [4.69, 9.17) is 6.42 Å². The summed E-state index contributed by atoms with van der Waals surface area (Å²) in [4.78, 5) is 11.9. The molecule has 0 atom stereocenters. The Balaban J connectivity index is 2.64. The summed E-state index contributed by atoms with van der Waals surface area (Å²) in [7, 11) is 0. The van der Waals surface area contributed by atoms with Crippen LogP contribution in [-0.2, 0) is 6.54 Å². The van der Waals surface area contributed by atoms with E-state index < -0.39 is 0 Å². The number of hydrogen-bond acceptors (Lipinski definition) is 3. The average molecular weight is 157 g/mol.